The van der Waals surface area contributed by atoms with Crippen LogP contribution in [0.15, 0.2) is 48.5 Å². The maximum absolute atomic E-state index is 12.9. The molecular weight excluding hydrogens is 420 g/mol. The van der Waals surface area contributed by atoms with Crippen molar-refractivity contribution < 1.29 is 23.9 Å². The Balaban J connectivity index is 1.49. The van der Waals surface area contributed by atoms with Gasteiger partial charge in [-0.3, -0.25) is 9.59 Å². The Kier molecular flexibility index (Phi) is 7.74. The first-order valence-electron chi connectivity index (χ1n) is 11.3. The normalized spacial score (nSPS) is 14.5. The molecule has 2 aromatic carbocycles. The number of ether oxygens (including phenoxy) is 2. The van der Waals surface area contributed by atoms with Crippen LogP contribution in [0.25, 0.3) is 0 Å². The summed E-state index contributed by atoms with van der Waals surface area (Å²) in [5.74, 6) is 0.144. The zero-order valence-corrected chi connectivity index (χ0v) is 19.7. The van der Waals surface area contributed by atoms with Gasteiger partial charge in [0.05, 0.1) is 6.61 Å². The van der Waals surface area contributed by atoms with Crippen molar-refractivity contribution in [2.45, 2.75) is 52.0 Å². The van der Waals surface area contributed by atoms with E-state index in [1.807, 2.05) is 29.2 Å². The van der Waals surface area contributed by atoms with E-state index in [1.54, 1.807) is 31.2 Å². The van der Waals surface area contributed by atoms with Crippen molar-refractivity contribution in [2.75, 3.05) is 19.7 Å². The number of nitrogens with one attached hydrogen (secondary N) is 1. The molecule has 176 valence electrons. The summed E-state index contributed by atoms with van der Waals surface area (Å²) in [6.45, 7) is 9.55. The van der Waals surface area contributed by atoms with Crippen molar-refractivity contribution in [3.05, 3.63) is 65.2 Å². The van der Waals surface area contributed by atoms with E-state index in [2.05, 4.69) is 26.1 Å². The molecule has 0 radical (unpaired) electrons. The molecule has 0 aromatic heterocycles. The van der Waals surface area contributed by atoms with Crippen LogP contribution in [0.2, 0.25) is 0 Å². The minimum atomic E-state index is -0.777. The number of amides is 2. The van der Waals surface area contributed by atoms with E-state index < -0.39 is 6.16 Å². The number of piperidine rings is 1. The van der Waals surface area contributed by atoms with E-state index in [1.165, 1.54) is 5.56 Å². The second-order valence-corrected chi connectivity index (χ2v) is 9.18. The van der Waals surface area contributed by atoms with Crippen molar-refractivity contribution in [3.8, 4) is 5.75 Å². The predicted octanol–water partition coefficient (Wildman–Crippen LogP) is 4.55. The van der Waals surface area contributed by atoms with Crippen LogP contribution in [-0.2, 0) is 10.2 Å². The number of carbonyl (C=O) groups is 3. The average molecular weight is 453 g/mol. The molecule has 2 aromatic rings. The van der Waals surface area contributed by atoms with Crippen molar-refractivity contribution in [3.63, 3.8) is 0 Å². The molecule has 0 unspecified atom stereocenters. The van der Waals surface area contributed by atoms with E-state index >= 15 is 0 Å². The first-order chi connectivity index (χ1) is 15.7. The fourth-order valence-electron chi connectivity index (χ4n) is 3.71. The summed E-state index contributed by atoms with van der Waals surface area (Å²) in [6.07, 6.45) is 0.615. The zero-order valence-electron chi connectivity index (χ0n) is 19.7. The molecule has 1 saturated heterocycles. The molecule has 0 atom stereocenters. The molecule has 0 bridgehead atoms. The highest BCUT2D eigenvalue weighted by molar-refractivity contribution is 5.95. The molecule has 1 heterocycles. The monoisotopic (exact) mass is 452 g/mol. The van der Waals surface area contributed by atoms with Crippen LogP contribution in [0.4, 0.5) is 4.79 Å². The standard InChI is InChI=1S/C26H32N2O5/c1-5-32-25(31)33-22-12-8-18(9-13-22)23(29)27-21-14-16-28(17-15-21)24(30)19-6-10-20(11-7-19)26(2,3)4/h6-13,21H,5,14-17H2,1-4H3,(H,27,29). The van der Waals surface area contributed by atoms with Gasteiger partial charge in [-0.1, -0.05) is 32.9 Å². The van der Waals surface area contributed by atoms with Gasteiger partial charge in [0.25, 0.3) is 11.8 Å². The summed E-state index contributed by atoms with van der Waals surface area (Å²) in [4.78, 5) is 38.6. The van der Waals surface area contributed by atoms with Gasteiger partial charge in [-0.05, 0) is 67.1 Å². The lowest BCUT2D eigenvalue weighted by Crippen LogP contribution is -2.46. The lowest BCUT2D eigenvalue weighted by atomic mass is 9.86. The lowest BCUT2D eigenvalue weighted by molar-refractivity contribution is 0.0697. The quantitative estimate of drug-likeness (QED) is 0.531. The van der Waals surface area contributed by atoms with E-state index in [4.69, 9.17) is 9.47 Å². The van der Waals surface area contributed by atoms with Crippen LogP contribution >= 0.6 is 0 Å². The summed E-state index contributed by atoms with van der Waals surface area (Å²) in [5.41, 5.74) is 2.41. The Hall–Kier alpha value is -3.35. The number of rotatable bonds is 5. The van der Waals surface area contributed by atoms with Crippen LogP contribution in [0, 0.1) is 0 Å². The van der Waals surface area contributed by atoms with Gasteiger partial charge < -0.3 is 19.7 Å². The number of nitrogens with zero attached hydrogens (tertiary/aromatic N) is 1. The minimum Gasteiger partial charge on any atom is -0.434 e. The molecule has 7 heteroatoms. The molecule has 1 N–H and O–H groups in total. The molecular formula is C26H32N2O5. The van der Waals surface area contributed by atoms with Gasteiger partial charge in [0, 0.05) is 30.3 Å². The Bertz CT molecular complexity index is 969. The highest BCUT2D eigenvalue weighted by Crippen LogP contribution is 2.23. The Morgan fingerprint density at radius 2 is 1.52 bits per heavy atom. The molecule has 2 amide bonds. The van der Waals surface area contributed by atoms with Gasteiger partial charge in [-0.2, -0.15) is 0 Å². The first-order valence-corrected chi connectivity index (χ1v) is 11.3. The Morgan fingerprint density at radius 1 is 0.939 bits per heavy atom. The molecule has 0 aliphatic carbocycles. The summed E-state index contributed by atoms with van der Waals surface area (Å²) < 4.78 is 9.73. The topological polar surface area (TPSA) is 84.9 Å². The Morgan fingerprint density at radius 3 is 2.06 bits per heavy atom. The minimum absolute atomic E-state index is 0.000255. The molecule has 1 aliphatic heterocycles. The van der Waals surface area contributed by atoms with E-state index in [-0.39, 0.29) is 29.9 Å². The van der Waals surface area contributed by atoms with Gasteiger partial charge in [-0.15, -0.1) is 0 Å². The molecule has 33 heavy (non-hydrogen) atoms. The average Bonchev–Trinajstić information content (AvgIpc) is 2.79. The lowest BCUT2D eigenvalue weighted by Gasteiger charge is -2.32. The maximum Gasteiger partial charge on any atom is 0.513 e. The van der Waals surface area contributed by atoms with Gasteiger partial charge in [0.15, 0.2) is 0 Å². The predicted molar refractivity (Wildman–Crippen MR) is 126 cm³/mol. The van der Waals surface area contributed by atoms with Crippen molar-refractivity contribution >= 4 is 18.0 Å². The molecule has 0 saturated carbocycles. The van der Waals surface area contributed by atoms with E-state index in [0.717, 1.165) is 0 Å². The van der Waals surface area contributed by atoms with Gasteiger partial charge in [-0.25, -0.2) is 4.79 Å². The fourth-order valence-corrected chi connectivity index (χ4v) is 3.71. The van der Waals surface area contributed by atoms with E-state index in [9.17, 15) is 14.4 Å². The Labute approximate surface area is 195 Å². The van der Waals surface area contributed by atoms with Gasteiger partial charge in [0.1, 0.15) is 5.75 Å². The van der Waals surface area contributed by atoms with Crippen molar-refractivity contribution in [1.82, 2.24) is 10.2 Å². The largest absolute Gasteiger partial charge is 0.513 e. The molecule has 1 fully saturated rings. The zero-order chi connectivity index (χ0) is 24.0. The molecule has 3 rings (SSSR count). The third kappa shape index (κ3) is 6.57. The number of benzene rings is 2. The van der Waals surface area contributed by atoms with Crippen LogP contribution in [-0.4, -0.2) is 48.6 Å². The number of likely N-dealkylation sites (tertiary alicyclic amines) is 1. The third-order valence-corrected chi connectivity index (χ3v) is 5.70. The molecule has 1 aliphatic rings. The van der Waals surface area contributed by atoms with E-state index in [0.29, 0.717) is 42.8 Å². The van der Waals surface area contributed by atoms with Crippen LogP contribution < -0.4 is 10.1 Å². The SMILES string of the molecule is CCOC(=O)Oc1ccc(C(=O)NC2CCN(C(=O)c3ccc(C(C)(C)C)cc3)CC2)cc1. The molecule has 0 spiro atoms. The molecule has 7 nitrogen and oxygen atoms in total. The van der Waals surface area contributed by atoms with Crippen molar-refractivity contribution in [1.29, 1.82) is 0 Å². The second-order valence-electron chi connectivity index (χ2n) is 9.18. The highest BCUT2D eigenvalue weighted by atomic mass is 16.7. The smallest absolute Gasteiger partial charge is 0.434 e. The number of hydrogen-bond acceptors (Lipinski definition) is 5. The van der Waals surface area contributed by atoms with Gasteiger partial charge >= 0.3 is 6.16 Å². The second kappa shape index (κ2) is 10.5. The van der Waals surface area contributed by atoms with Crippen LogP contribution in [0.3, 0.4) is 0 Å². The first kappa shape index (κ1) is 24.3. The summed E-state index contributed by atoms with van der Waals surface area (Å²) in [7, 11) is 0. The highest BCUT2D eigenvalue weighted by Gasteiger charge is 2.25. The van der Waals surface area contributed by atoms with Crippen LogP contribution in [0.1, 0.15) is 66.8 Å². The number of carbonyl (C=O) groups excluding carboxylic acids is 3. The fraction of sp³-hybridized carbons (Fsp3) is 0.423. The maximum atomic E-state index is 12.9. The third-order valence-electron chi connectivity index (χ3n) is 5.70. The summed E-state index contributed by atoms with van der Waals surface area (Å²) >= 11 is 0. The summed E-state index contributed by atoms with van der Waals surface area (Å²) in [5, 5.41) is 3.03. The summed E-state index contributed by atoms with van der Waals surface area (Å²) in [6, 6.07) is 14.1. The van der Waals surface area contributed by atoms with Gasteiger partial charge in [0.2, 0.25) is 0 Å². The number of hydrogen-bond donors (Lipinski definition) is 1. The van der Waals surface area contributed by atoms with Crippen molar-refractivity contribution in [2.24, 2.45) is 0 Å². The van der Waals surface area contributed by atoms with Crippen LogP contribution in [0.5, 0.6) is 5.75 Å².